The summed E-state index contributed by atoms with van der Waals surface area (Å²) < 4.78 is 10.6. The Hall–Kier alpha value is -4.83. The predicted octanol–water partition coefficient (Wildman–Crippen LogP) is 8.00. The first-order chi connectivity index (χ1) is 17.3. The first-order valence-corrected chi connectivity index (χ1v) is 11.7. The van der Waals surface area contributed by atoms with E-state index in [1.54, 1.807) is 0 Å². The molecule has 4 nitrogen and oxygen atoms in total. The summed E-state index contributed by atoms with van der Waals surface area (Å²) in [6.45, 7) is 0. The largest absolute Gasteiger partial charge is 0.456 e. The maximum Gasteiger partial charge on any atom is 0.137 e. The molecule has 0 saturated carbocycles. The van der Waals surface area contributed by atoms with E-state index in [1.165, 1.54) is 21.7 Å². The van der Waals surface area contributed by atoms with Crippen LogP contribution in [0.15, 0.2) is 120 Å². The second-order valence-electron chi connectivity index (χ2n) is 8.93. The third kappa shape index (κ3) is 2.59. The average Bonchev–Trinajstić information content (AvgIpc) is 3.60. The van der Waals surface area contributed by atoms with Gasteiger partial charge in [0.15, 0.2) is 0 Å². The SMILES string of the molecule is c1cc(-c2cn3ccccc3n2)cc(-n2c3ccccc3c3c4c(ccc32)oc2ccccc24)c1. The molecule has 4 heterocycles. The van der Waals surface area contributed by atoms with E-state index < -0.39 is 0 Å². The van der Waals surface area contributed by atoms with Crippen molar-refractivity contribution in [3.63, 3.8) is 0 Å². The van der Waals surface area contributed by atoms with Gasteiger partial charge in [-0.1, -0.05) is 54.6 Å². The first-order valence-electron chi connectivity index (χ1n) is 11.7. The summed E-state index contributed by atoms with van der Waals surface area (Å²) in [5.74, 6) is 0. The fourth-order valence-electron chi connectivity index (χ4n) is 5.43. The number of fused-ring (bicyclic) bond motifs is 8. The molecule has 0 spiro atoms. The second-order valence-corrected chi connectivity index (χ2v) is 8.93. The summed E-state index contributed by atoms with van der Waals surface area (Å²) in [7, 11) is 0. The molecule has 0 N–H and O–H groups in total. The highest BCUT2D eigenvalue weighted by atomic mass is 16.3. The number of imidazole rings is 1. The van der Waals surface area contributed by atoms with Crippen LogP contribution in [-0.4, -0.2) is 14.0 Å². The smallest absolute Gasteiger partial charge is 0.137 e. The minimum Gasteiger partial charge on any atom is -0.456 e. The molecule has 4 heteroatoms. The molecule has 8 aromatic rings. The van der Waals surface area contributed by atoms with E-state index in [0.717, 1.165) is 44.7 Å². The van der Waals surface area contributed by atoms with Gasteiger partial charge in [-0.05, 0) is 48.5 Å². The number of para-hydroxylation sites is 2. The van der Waals surface area contributed by atoms with Crippen LogP contribution in [0.2, 0.25) is 0 Å². The van der Waals surface area contributed by atoms with Crippen LogP contribution in [0, 0.1) is 0 Å². The standard InChI is InChI=1S/C31H19N3O/c1-3-12-25-22(10-1)30-26(15-16-28-31(30)23-11-2-4-13-27(23)35-28)34(25)21-9-7-8-20(18-21)24-19-33-17-6-5-14-29(33)32-24/h1-19H. The molecular weight excluding hydrogens is 430 g/mol. The van der Waals surface area contributed by atoms with E-state index in [2.05, 4.69) is 88.0 Å². The van der Waals surface area contributed by atoms with Crippen LogP contribution < -0.4 is 0 Å². The molecule has 0 saturated heterocycles. The monoisotopic (exact) mass is 449 g/mol. The number of furan rings is 1. The quantitative estimate of drug-likeness (QED) is 0.268. The highest BCUT2D eigenvalue weighted by molar-refractivity contribution is 6.27. The van der Waals surface area contributed by atoms with E-state index in [4.69, 9.17) is 9.40 Å². The van der Waals surface area contributed by atoms with Gasteiger partial charge in [-0.2, -0.15) is 0 Å². The second kappa shape index (κ2) is 6.84. The summed E-state index contributed by atoms with van der Waals surface area (Å²) in [6, 6.07) is 35.9. The molecule has 35 heavy (non-hydrogen) atoms. The molecule has 164 valence electrons. The molecule has 0 radical (unpaired) electrons. The number of aromatic nitrogens is 3. The molecule has 0 aliphatic rings. The Labute approximate surface area is 200 Å². The molecule has 4 aromatic heterocycles. The summed E-state index contributed by atoms with van der Waals surface area (Å²) in [6.07, 6.45) is 4.12. The lowest BCUT2D eigenvalue weighted by Gasteiger charge is -2.09. The van der Waals surface area contributed by atoms with Crippen LogP contribution in [-0.2, 0) is 0 Å². The number of nitrogens with zero attached hydrogens (tertiary/aromatic N) is 3. The van der Waals surface area contributed by atoms with E-state index in [0.29, 0.717) is 0 Å². The van der Waals surface area contributed by atoms with Gasteiger partial charge in [-0.25, -0.2) is 4.98 Å². The van der Waals surface area contributed by atoms with Crippen molar-refractivity contribution >= 4 is 49.4 Å². The number of hydrogen-bond acceptors (Lipinski definition) is 2. The Morgan fingerprint density at radius 2 is 1.49 bits per heavy atom. The van der Waals surface area contributed by atoms with Crippen LogP contribution in [0.1, 0.15) is 0 Å². The topological polar surface area (TPSA) is 35.4 Å². The molecule has 0 bridgehead atoms. The molecule has 0 aliphatic carbocycles. The Morgan fingerprint density at radius 1 is 0.629 bits per heavy atom. The number of hydrogen-bond donors (Lipinski definition) is 0. The summed E-state index contributed by atoms with van der Waals surface area (Å²) >= 11 is 0. The average molecular weight is 450 g/mol. The normalized spacial score (nSPS) is 12.0. The third-order valence-corrected chi connectivity index (χ3v) is 6.94. The highest BCUT2D eigenvalue weighted by Gasteiger charge is 2.18. The molecule has 0 atom stereocenters. The van der Waals surface area contributed by atoms with Gasteiger partial charge in [-0.3, -0.25) is 0 Å². The van der Waals surface area contributed by atoms with Crippen LogP contribution in [0.3, 0.4) is 0 Å². The molecular formula is C31H19N3O. The molecule has 8 rings (SSSR count). The zero-order valence-corrected chi connectivity index (χ0v) is 18.7. The van der Waals surface area contributed by atoms with Crippen molar-refractivity contribution in [2.45, 2.75) is 0 Å². The lowest BCUT2D eigenvalue weighted by atomic mass is 10.1. The maximum atomic E-state index is 6.21. The number of pyridine rings is 1. The van der Waals surface area contributed by atoms with Gasteiger partial charge >= 0.3 is 0 Å². The van der Waals surface area contributed by atoms with Gasteiger partial charge in [-0.15, -0.1) is 0 Å². The lowest BCUT2D eigenvalue weighted by molar-refractivity contribution is 0.669. The fraction of sp³-hybridized carbons (Fsp3) is 0. The van der Waals surface area contributed by atoms with E-state index in [9.17, 15) is 0 Å². The van der Waals surface area contributed by atoms with Crippen molar-refractivity contribution in [3.05, 3.63) is 116 Å². The van der Waals surface area contributed by atoms with Gasteiger partial charge in [0.2, 0.25) is 0 Å². The Balaban J connectivity index is 1.45. The Kier molecular flexibility index (Phi) is 3.63. The summed E-state index contributed by atoms with van der Waals surface area (Å²) in [5.41, 5.74) is 8.27. The maximum absolute atomic E-state index is 6.21. The Morgan fingerprint density at radius 3 is 2.43 bits per heavy atom. The molecule has 0 aliphatic heterocycles. The molecule has 0 fully saturated rings. The van der Waals surface area contributed by atoms with Crippen molar-refractivity contribution in [2.24, 2.45) is 0 Å². The molecule has 0 amide bonds. The van der Waals surface area contributed by atoms with Crippen molar-refractivity contribution in [2.75, 3.05) is 0 Å². The van der Waals surface area contributed by atoms with Crippen molar-refractivity contribution < 1.29 is 4.42 Å². The predicted molar refractivity (Wildman–Crippen MR) is 142 cm³/mol. The van der Waals surface area contributed by atoms with Gasteiger partial charge < -0.3 is 13.4 Å². The third-order valence-electron chi connectivity index (χ3n) is 6.94. The number of rotatable bonds is 2. The number of benzene rings is 4. The molecule has 0 unspecified atom stereocenters. The van der Waals surface area contributed by atoms with E-state index in [-0.39, 0.29) is 0 Å². The Bertz CT molecular complexity index is 2040. The van der Waals surface area contributed by atoms with Gasteiger partial charge in [0, 0.05) is 45.2 Å². The minimum absolute atomic E-state index is 0.917. The fourth-order valence-corrected chi connectivity index (χ4v) is 5.43. The lowest BCUT2D eigenvalue weighted by Crippen LogP contribution is -1.94. The minimum atomic E-state index is 0.917. The van der Waals surface area contributed by atoms with Crippen LogP contribution in [0.5, 0.6) is 0 Å². The van der Waals surface area contributed by atoms with E-state index >= 15 is 0 Å². The van der Waals surface area contributed by atoms with Crippen LogP contribution in [0.4, 0.5) is 0 Å². The van der Waals surface area contributed by atoms with Gasteiger partial charge in [0.05, 0.1) is 16.7 Å². The van der Waals surface area contributed by atoms with Crippen LogP contribution >= 0.6 is 0 Å². The highest BCUT2D eigenvalue weighted by Crippen LogP contribution is 2.41. The van der Waals surface area contributed by atoms with Crippen molar-refractivity contribution in [1.82, 2.24) is 14.0 Å². The zero-order valence-electron chi connectivity index (χ0n) is 18.7. The van der Waals surface area contributed by atoms with Crippen LogP contribution in [0.25, 0.3) is 66.3 Å². The van der Waals surface area contributed by atoms with Gasteiger partial charge in [0.25, 0.3) is 0 Å². The van der Waals surface area contributed by atoms with Crippen molar-refractivity contribution in [1.29, 1.82) is 0 Å². The van der Waals surface area contributed by atoms with Crippen molar-refractivity contribution in [3.8, 4) is 16.9 Å². The zero-order chi connectivity index (χ0) is 22.9. The first kappa shape index (κ1) is 18.6. The summed E-state index contributed by atoms with van der Waals surface area (Å²) in [5, 5.41) is 4.76. The van der Waals surface area contributed by atoms with Gasteiger partial charge in [0.1, 0.15) is 16.8 Å². The van der Waals surface area contributed by atoms with E-state index in [1.807, 2.05) is 36.5 Å². The molecule has 4 aromatic carbocycles. The summed E-state index contributed by atoms with van der Waals surface area (Å²) in [4.78, 5) is 4.84.